The number of amides is 2. The summed E-state index contributed by atoms with van der Waals surface area (Å²) in [4.78, 5) is 24.1. The Hall–Kier alpha value is -2.99. The lowest BCUT2D eigenvalue weighted by molar-refractivity contribution is -0.115. The average molecular weight is 396 g/mol. The molecule has 0 aliphatic rings. The quantitative estimate of drug-likeness (QED) is 0.422. The van der Waals surface area contributed by atoms with Crippen LogP contribution in [-0.2, 0) is 10.2 Å². The molecule has 0 atom stereocenters. The van der Waals surface area contributed by atoms with E-state index >= 15 is 0 Å². The Morgan fingerprint density at radius 3 is 2.11 bits per heavy atom. The Bertz CT molecular complexity index is 879. The van der Waals surface area contributed by atoms with E-state index in [0.29, 0.717) is 5.56 Å². The SMILES string of the molecule is Cc1ccc(/C=C/C(=O)NC(=S)NNC(=O)c2ccc(C(C)(C)C)cc2)cc1. The highest BCUT2D eigenvalue weighted by Crippen LogP contribution is 2.22. The highest BCUT2D eigenvalue weighted by Gasteiger charge is 2.14. The van der Waals surface area contributed by atoms with Gasteiger partial charge in [0.1, 0.15) is 0 Å². The molecule has 3 N–H and O–H groups in total. The predicted molar refractivity (Wildman–Crippen MR) is 117 cm³/mol. The van der Waals surface area contributed by atoms with Crippen molar-refractivity contribution in [2.45, 2.75) is 33.1 Å². The van der Waals surface area contributed by atoms with Crippen LogP contribution in [0.4, 0.5) is 0 Å². The first kappa shape index (κ1) is 21.3. The lowest BCUT2D eigenvalue weighted by Gasteiger charge is -2.19. The molecule has 0 aliphatic heterocycles. The first-order valence-electron chi connectivity index (χ1n) is 8.92. The largest absolute Gasteiger partial charge is 0.298 e. The molecule has 2 rings (SSSR count). The molecule has 2 amide bonds. The van der Waals surface area contributed by atoms with Gasteiger partial charge < -0.3 is 0 Å². The number of carbonyl (C=O) groups is 2. The second kappa shape index (κ2) is 9.28. The predicted octanol–water partition coefficient (Wildman–Crippen LogP) is 3.64. The van der Waals surface area contributed by atoms with Gasteiger partial charge in [0.25, 0.3) is 5.91 Å². The third-order valence-corrected chi connectivity index (χ3v) is 4.25. The molecule has 6 heteroatoms. The zero-order chi connectivity index (χ0) is 20.7. The van der Waals surface area contributed by atoms with Crippen molar-refractivity contribution in [2.75, 3.05) is 0 Å². The maximum absolute atomic E-state index is 12.2. The van der Waals surface area contributed by atoms with E-state index in [1.165, 1.54) is 6.08 Å². The lowest BCUT2D eigenvalue weighted by Crippen LogP contribution is -2.48. The highest BCUT2D eigenvalue weighted by atomic mass is 32.1. The van der Waals surface area contributed by atoms with Gasteiger partial charge in [-0.15, -0.1) is 0 Å². The molecule has 0 aromatic heterocycles. The summed E-state index contributed by atoms with van der Waals surface area (Å²) in [5, 5.41) is 2.49. The molecule has 28 heavy (non-hydrogen) atoms. The minimum absolute atomic E-state index is 0.0122. The summed E-state index contributed by atoms with van der Waals surface area (Å²) < 4.78 is 0. The van der Waals surface area contributed by atoms with Gasteiger partial charge in [0.05, 0.1) is 0 Å². The van der Waals surface area contributed by atoms with Crippen LogP contribution in [0, 0.1) is 6.92 Å². The van der Waals surface area contributed by atoms with Crippen LogP contribution in [0.25, 0.3) is 6.08 Å². The number of hydrogen-bond acceptors (Lipinski definition) is 3. The fourth-order valence-corrected chi connectivity index (χ4v) is 2.49. The van der Waals surface area contributed by atoms with Crippen molar-refractivity contribution in [1.82, 2.24) is 16.2 Å². The molecule has 0 fully saturated rings. The van der Waals surface area contributed by atoms with Gasteiger partial charge in [-0.25, -0.2) is 0 Å². The van der Waals surface area contributed by atoms with Gasteiger partial charge >= 0.3 is 0 Å². The number of benzene rings is 2. The highest BCUT2D eigenvalue weighted by molar-refractivity contribution is 7.80. The lowest BCUT2D eigenvalue weighted by atomic mass is 9.87. The summed E-state index contributed by atoms with van der Waals surface area (Å²) in [6, 6.07) is 15.1. The fraction of sp³-hybridized carbons (Fsp3) is 0.227. The molecule has 5 nitrogen and oxygen atoms in total. The van der Waals surface area contributed by atoms with Crippen LogP contribution in [0.5, 0.6) is 0 Å². The van der Waals surface area contributed by atoms with E-state index in [-0.39, 0.29) is 22.3 Å². The number of carbonyl (C=O) groups excluding carboxylic acids is 2. The molecule has 0 heterocycles. The van der Waals surface area contributed by atoms with Gasteiger partial charge in [-0.05, 0) is 53.9 Å². The topological polar surface area (TPSA) is 70.2 Å². The van der Waals surface area contributed by atoms with Gasteiger partial charge in [-0.2, -0.15) is 0 Å². The van der Waals surface area contributed by atoms with Crippen molar-refractivity contribution in [3.8, 4) is 0 Å². The van der Waals surface area contributed by atoms with Crippen LogP contribution in [0.1, 0.15) is 47.8 Å². The van der Waals surface area contributed by atoms with Crippen molar-refractivity contribution in [3.63, 3.8) is 0 Å². The summed E-state index contributed by atoms with van der Waals surface area (Å²) in [5.74, 6) is -0.728. The van der Waals surface area contributed by atoms with Crippen LogP contribution in [-0.4, -0.2) is 16.9 Å². The minimum Gasteiger partial charge on any atom is -0.298 e. The minimum atomic E-state index is -0.387. The molecule has 2 aromatic rings. The van der Waals surface area contributed by atoms with Gasteiger partial charge in [-0.3, -0.25) is 25.8 Å². The van der Waals surface area contributed by atoms with Crippen LogP contribution >= 0.6 is 12.2 Å². The second-order valence-electron chi connectivity index (χ2n) is 7.47. The van der Waals surface area contributed by atoms with Crippen LogP contribution in [0.2, 0.25) is 0 Å². The van der Waals surface area contributed by atoms with Crippen molar-refractivity contribution in [3.05, 3.63) is 76.9 Å². The summed E-state index contributed by atoms with van der Waals surface area (Å²) in [5.41, 5.74) is 8.71. The standard InChI is InChI=1S/C22H25N3O2S/c1-15-5-7-16(8-6-15)9-14-19(26)23-21(28)25-24-20(27)17-10-12-18(13-11-17)22(2,3)4/h5-14H,1-4H3,(H,24,27)(H2,23,25,26,28)/b14-9+. The summed E-state index contributed by atoms with van der Waals surface area (Å²) in [6.45, 7) is 8.33. The van der Waals surface area contributed by atoms with E-state index in [1.54, 1.807) is 18.2 Å². The van der Waals surface area contributed by atoms with E-state index in [9.17, 15) is 9.59 Å². The zero-order valence-electron chi connectivity index (χ0n) is 16.5. The van der Waals surface area contributed by atoms with Crippen molar-refractivity contribution in [1.29, 1.82) is 0 Å². The average Bonchev–Trinajstić information content (AvgIpc) is 2.65. The maximum Gasteiger partial charge on any atom is 0.269 e. The number of thiocarbonyl (C=S) groups is 1. The van der Waals surface area contributed by atoms with E-state index < -0.39 is 0 Å². The second-order valence-corrected chi connectivity index (χ2v) is 7.88. The summed E-state index contributed by atoms with van der Waals surface area (Å²) in [7, 11) is 0. The molecule has 0 unspecified atom stereocenters. The van der Waals surface area contributed by atoms with Crippen molar-refractivity contribution < 1.29 is 9.59 Å². The molecule has 0 saturated carbocycles. The Kier molecular flexibility index (Phi) is 7.06. The molecule has 0 aliphatic carbocycles. The molecule has 2 aromatic carbocycles. The van der Waals surface area contributed by atoms with Crippen molar-refractivity contribution >= 4 is 35.2 Å². The van der Waals surface area contributed by atoms with Gasteiger partial charge in [0.2, 0.25) is 5.91 Å². The number of aryl methyl sites for hydroxylation is 1. The first-order chi connectivity index (χ1) is 13.1. The number of rotatable bonds is 3. The fourth-order valence-electron chi connectivity index (χ4n) is 2.34. The Morgan fingerprint density at radius 2 is 1.54 bits per heavy atom. The monoisotopic (exact) mass is 395 g/mol. The maximum atomic E-state index is 12.2. The number of nitrogens with one attached hydrogen (secondary N) is 3. The third kappa shape index (κ3) is 6.63. The zero-order valence-corrected chi connectivity index (χ0v) is 17.3. The molecule has 0 spiro atoms. The van der Waals surface area contributed by atoms with E-state index in [0.717, 1.165) is 16.7 Å². The summed E-state index contributed by atoms with van der Waals surface area (Å²) >= 11 is 5.02. The van der Waals surface area contributed by atoms with Crippen LogP contribution in [0.15, 0.2) is 54.6 Å². The molecule has 0 saturated heterocycles. The van der Waals surface area contributed by atoms with E-state index in [4.69, 9.17) is 12.2 Å². The Balaban J connectivity index is 1.82. The summed E-state index contributed by atoms with van der Waals surface area (Å²) in [6.07, 6.45) is 3.07. The van der Waals surface area contributed by atoms with Gasteiger partial charge in [0.15, 0.2) is 5.11 Å². The normalized spacial score (nSPS) is 11.1. The third-order valence-electron chi connectivity index (χ3n) is 4.04. The Labute approximate surface area is 171 Å². The number of hydrazine groups is 1. The molecule has 0 bridgehead atoms. The molecular weight excluding hydrogens is 370 g/mol. The Morgan fingerprint density at radius 1 is 0.929 bits per heavy atom. The van der Waals surface area contributed by atoms with Gasteiger partial charge in [-0.1, -0.05) is 62.7 Å². The van der Waals surface area contributed by atoms with Crippen LogP contribution < -0.4 is 16.2 Å². The molecule has 146 valence electrons. The molecule has 0 radical (unpaired) electrons. The molecular formula is C22H25N3O2S. The van der Waals surface area contributed by atoms with Crippen molar-refractivity contribution in [2.24, 2.45) is 0 Å². The first-order valence-corrected chi connectivity index (χ1v) is 9.32. The van der Waals surface area contributed by atoms with E-state index in [2.05, 4.69) is 36.9 Å². The number of hydrogen-bond donors (Lipinski definition) is 3. The van der Waals surface area contributed by atoms with Crippen LogP contribution in [0.3, 0.4) is 0 Å². The smallest absolute Gasteiger partial charge is 0.269 e. The van der Waals surface area contributed by atoms with E-state index in [1.807, 2.05) is 43.3 Å². The van der Waals surface area contributed by atoms with Gasteiger partial charge in [0, 0.05) is 11.6 Å².